The minimum absolute atomic E-state index is 0.0578. The minimum Gasteiger partial charge on any atom is -0.354 e. The first-order valence-electron chi connectivity index (χ1n) is 6.45. The summed E-state index contributed by atoms with van der Waals surface area (Å²) in [6, 6.07) is 11.4. The van der Waals surface area contributed by atoms with Crippen LogP contribution in [0.4, 0.5) is 5.69 Å². The van der Waals surface area contributed by atoms with Crippen molar-refractivity contribution in [2.24, 2.45) is 0 Å². The maximum Gasteiger partial charge on any atom is 0.274 e. The van der Waals surface area contributed by atoms with Gasteiger partial charge in [-0.3, -0.25) is 4.79 Å². The first-order chi connectivity index (χ1) is 9.63. The molecule has 0 aliphatic rings. The lowest BCUT2D eigenvalue weighted by Gasteiger charge is -2.16. The Labute approximate surface area is 119 Å². The number of carbonyl (C=O) groups is 1. The van der Waals surface area contributed by atoms with Gasteiger partial charge in [0.25, 0.3) is 5.91 Å². The van der Waals surface area contributed by atoms with Crippen molar-refractivity contribution in [1.82, 2.24) is 4.98 Å². The van der Waals surface area contributed by atoms with Gasteiger partial charge in [-0.15, -0.1) is 0 Å². The molecule has 0 saturated heterocycles. The number of nitrogens with one attached hydrogen (secondary N) is 1. The second-order valence-electron chi connectivity index (χ2n) is 4.56. The number of nitrogens with zero attached hydrogens (tertiary/aromatic N) is 1. The number of aryl methyl sites for hydroxylation is 1. The van der Waals surface area contributed by atoms with Gasteiger partial charge in [-0.05, 0) is 30.7 Å². The SMILES string of the molecule is C=C/C=C\c1cc(C(=O)N(C)c2ccccc2)[nH]c1C. The van der Waals surface area contributed by atoms with Crippen LogP contribution in [0.2, 0.25) is 0 Å². The number of aromatic amines is 1. The van der Waals surface area contributed by atoms with E-state index < -0.39 is 0 Å². The molecule has 0 spiro atoms. The third-order valence-electron chi connectivity index (χ3n) is 3.15. The van der Waals surface area contributed by atoms with Gasteiger partial charge in [-0.25, -0.2) is 0 Å². The van der Waals surface area contributed by atoms with E-state index in [9.17, 15) is 4.79 Å². The molecule has 0 atom stereocenters. The molecule has 2 aromatic rings. The topological polar surface area (TPSA) is 36.1 Å². The van der Waals surface area contributed by atoms with E-state index in [0.29, 0.717) is 5.69 Å². The van der Waals surface area contributed by atoms with Gasteiger partial charge in [-0.1, -0.05) is 43.0 Å². The van der Waals surface area contributed by atoms with Crippen LogP contribution in [0.3, 0.4) is 0 Å². The predicted octanol–water partition coefficient (Wildman–Crippen LogP) is 3.80. The maximum atomic E-state index is 12.4. The fourth-order valence-corrected chi connectivity index (χ4v) is 1.98. The number of allylic oxidation sites excluding steroid dienone is 2. The summed E-state index contributed by atoms with van der Waals surface area (Å²) in [6.07, 6.45) is 5.49. The highest BCUT2D eigenvalue weighted by Gasteiger charge is 2.16. The summed E-state index contributed by atoms with van der Waals surface area (Å²) in [6.45, 7) is 5.59. The van der Waals surface area contributed by atoms with Crippen LogP contribution in [-0.4, -0.2) is 17.9 Å². The van der Waals surface area contributed by atoms with Gasteiger partial charge < -0.3 is 9.88 Å². The molecule has 3 nitrogen and oxygen atoms in total. The van der Waals surface area contributed by atoms with E-state index in [4.69, 9.17) is 0 Å². The summed E-state index contributed by atoms with van der Waals surface area (Å²) < 4.78 is 0. The second-order valence-corrected chi connectivity index (χ2v) is 4.56. The molecule has 102 valence electrons. The number of rotatable bonds is 4. The van der Waals surface area contributed by atoms with E-state index in [0.717, 1.165) is 16.9 Å². The number of benzene rings is 1. The lowest BCUT2D eigenvalue weighted by molar-refractivity contribution is 0.0988. The van der Waals surface area contributed by atoms with Crippen molar-refractivity contribution in [2.75, 3.05) is 11.9 Å². The lowest BCUT2D eigenvalue weighted by atomic mass is 10.2. The largest absolute Gasteiger partial charge is 0.354 e. The molecule has 1 heterocycles. The predicted molar refractivity (Wildman–Crippen MR) is 83.9 cm³/mol. The van der Waals surface area contributed by atoms with Crippen molar-refractivity contribution < 1.29 is 4.79 Å². The highest BCUT2D eigenvalue weighted by Crippen LogP contribution is 2.17. The van der Waals surface area contributed by atoms with Crippen molar-refractivity contribution >= 4 is 17.7 Å². The molecule has 0 saturated carbocycles. The molecule has 0 aliphatic heterocycles. The van der Waals surface area contributed by atoms with Gasteiger partial charge in [0.15, 0.2) is 0 Å². The smallest absolute Gasteiger partial charge is 0.274 e. The summed E-state index contributed by atoms with van der Waals surface area (Å²) in [5.41, 5.74) is 3.41. The quantitative estimate of drug-likeness (QED) is 0.839. The number of anilines is 1. The van der Waals surface area contributed by atoms with Gasteiger partial charge in [0.05, 0.1) is 0 Å². The number of amides is 1. The molecule has 0 bridgehead atoms. The Balaban J connectivity index is 2.25. The van der Waals surface area contributed by atoms with Crippen LogP contribution in [0.5, 0.6) is 0 Å². The van der Waals surface area contributed by atoms with Crippen molar-refractivity contribution in [2.45, 2.75) is 6.92 Å². The second kappa shape index (κ2) is 6.06. The van der Waals surface area contributed by atoms with Crippen molar-refractivity contribution in [3.05, 3.63) is 72.1 Å². The van der Waals surface area contributed by atoms with Crippen LogP contribution in [-0.2, 0) is 0 Å². The molecule has 1 N–H and O–H groups in total. The molecule has 3 heteroatoms. The number of hydrogen-bond donors (Lipinski definition) is 1. The summed E-state index contributed by atoms with van der Waals surface area (Å²) in [7, 11) is 1.77. The third-order valence-corrected chi connectivity index (χ3v) is 3.15. The van der Waals surface area contributed by atoms with E-state index in [2.05, 4.69) is 11.6 Å². The molecule has 0 unspecified atom stereocenters. The van der Waals surface area contributed by atoms with Crippen LogP contribution < -0.4 is 4.90 Å². The van der Waals surface area contributed by atoms with E-state index in [1.165, 1.54) is 0 Å². The Morgan fingerprint density at radius 1 is 1.30 bits per heavy atom. The average molecular weight is 266 g/mol. The van der Waals surface area contributed by atoms with Gasteiger partial charge in [-0.2, -0.15) is 0 Å². The fourth-order valence-electron chi connectivity index (χ4n) is 1.98. The normalized spacial score (nSPS) is 10.7. The third kappa shape index (κ3) is 2.88. The number of H-pyrrole nitrogens is 1. The zero-order valence-electron chi connectivity index (χ0n) is 11.8. The zero-order chi connectivity index (χ0) is 14.5. The van der Waals surface area contributed by atoms with E-state index in [-0.39, 0.29) is 5.91 Å². The molecule has 2 rings (SSSR count). The molecular weight excluding hydrogens is 248 g/mol. The first kappa shape index (κ1) is 13.9. The van der Waals surface area contributed by atoms with Gasteiger partial charge in [0.2, 0.25) is 0 Å². The Morgan fingerprint density at radius 2 is 2.00 bits per heavy atom. The van der Waals surface area contributed by atoms with E-state index in [1.54, 1.807) is 18.0 Å². The van der Waals surface area contributed by atoms with Gasteiger partial charge in [0, 0.05) is 18.4 Å². The molecule has 0 fully saturated rings. The molecule has 1 amide bonds. The maximum absolute atomic E-state index is 12.4. The zero-order valence-corrected chi connectivity index (χ0v) is 11.8. The van der Waals surface area contributed by atoms with Crippen molar-refractivity contribution in [3.63, 3.8) is 0 Å². The Bertz CT molecular complexity index is 638. The summed E-state index contributed by atoms with van der Waals surface area (Å²) in [5, 5.41) is 0. The summed E-state index contributed by atoms with van der Waals surface area (Å²) in [5.74, 6) is -0.0578. The number of aromatic nitrogens is 1. The molecule has 1 aromatic carbocycles. The summed E-state index contributed by atoms with van der Waals surface area (Å²) in [4.78, 5) is 17.2. The van der Waals surface area contributed by atoms with Crippen LogP contribution in [0.15, 0.2) is 55.1 Å². The van der Waals surface area contributed by atoms with Crippen LogP contribution in [0.1, 0.15) is 21.7 Å². The molecule has 1 aromatic heterocycles. The van der Waals surface area contributed by atoms with Gasteiger partial charge >= 0.3 is 0 Å². The first-order valence-corrected chi connectivity index (χ1v) is 6.45. The Hall–Kier alpha value is -2.55. The molecule has 20 heavy (non-hydrogen) atoms. The number of hydrogen-bond acceptors (Lipinski definition) is 1. The van der Waals surface area contributed by atoms with Gasteiger partial charge in [0.1, 0.15) is 5.69 Å². The van der Waals surface area contributed by atoms with Crippen LogP contribution in [0, 0.1) is 6.92 Å². The highest BCUT2D eigenvalue weighted by atomic mass is 16.2. The highest BCUT2D eigenvalue weighted by molar-refractivity contribution is 6.05. The molecule has 0 radical (unpaired) electrons. The minimum atomic E-state index is -0.0578. The molecule has 0 aliphatic carbocycles. The Morgan fingerprint density at radius 3 is 2.65 bits per heavy atom. The standard InChI is InChI=1S/C17H18N2O/c1-4-5-9-14-12-16(18-13(14)2)17(20)19(3)15-10-7-6-8-11-15/h4-12,18H,1H2,2-3H3/b9-5-. The fraction of sp³-hybridized carbons (Fsp3) is 0.118. The monoisotopic (exact) mass is 266 g/mol. The summed E-state index contributed by atoms with van der Waals surface area (Å²) >= 11 is 0. The number of para-hydroxylation sites is 1. The van der Waals surface area contributed by atoms with E-state index >= 15 is 0 Å². The lowest BCUT2D eigenvalue weighted by Crippen LogP contribution is -2.26. The molecular formula is C17H18N2O. The van der Waals surface area contributed by atoms with Crippen molar-refractivity contribution in [1.29, 1.82) is 0 Å². The van der Waals surface area contributed by atoms with Crippen molar-refractivity contribution in [3.8, 4) is 0 Å². The van der Waals surface area contributed by atoms with Crippen LogP contribution in [0.25, 0.3) is 6.08 Å². The average Bonchev–Trinajstić information content (AvgIpc) is 2.85. The number of carbonyl (C=O) groups excluding carboxylic acids is 1. The van der Waals surface area contributed by atoms with E-state index in [1.807, 2.05) is 55.5 Å². The van der Waals surface area contributed by atoms with Crippen LogP contribution >= 0.6 is 0 Å². The Kier molecular flexibility index (Phi) is 4.20.